The predicted octanol–water partition coefficient (Wildman–Crippen LogP) is 3.18. The average molecular weight is 222 g/mol. The molecular formula is C7H5Cl2NOS. The fourth-order valence-electron chi connectivity index (χ4n) is 1.39. The van der Waals surface area contributed by atoms with E-state index in [1.807, 2.05) is 0 Å². The lowest BCUT2D eigenvalue weighted by atomic mass is 10.2. The van der Waals surface area contributed by atoms with Crippen molar-refractivity contribution in [2.24, 2.45) is 5.16 Å². The minimum Gasteiger partial charge on any atom is -0.411 e. The first-order chi connectivity index (χ1) is 5.74. The Hall–Kier alpha value is -0.250. The molecule has 12 heavy (non-hydrogen) atoms. The van der Waals surface area contributed by atoms with Crippen molar-refractivity contribution in [2.45, 2.75) is 12.8 Å². The van der Waals surface area contributed by atoms with Crippen molar-refractivity contribution >= 4 is 40.3 Å². The fourth-order valence-corrected chi connectivity index (χ4v) is 3.21. The summed E-state index contributed by atoms with van der Waals surface area (Å²) < 4.78 is 1.34. The van der Waals surface area contributed by atoms with Crippen LogP contribution in [-0.4, -0.2) is 10.9 Å². The Bertz CT molecular complexity index is 359. The molecule has 0 saturated heterocycles. The van der Waals surface area contributed by atoms with Crippen LogP contribution in [0.4, 0.5) is 0 Å². The number of thiophene rings is 1. The summed E-state index contributed by atoms with van der Waals surface area (Å²) >= 11 is 13.1. The topological polar surface area (TPSA) is 32.6 Å². The van der Waals surface area contributed by atoms with Crippen LogP contribution in [0.5, 0.6) is 0 Å². The first kappa shape index (κ1) is 8.35. The second-order valence-electron chi connectivity index (χ2n) is 2.55. The normalized spacial score (nSPS) is 18.7. The maximum atomic E-state index is 8.64. The van der Waals surface area contributed by atoms with Gasteiger partial charge in [0, 0.05) is 5.56 Å². The molecule has 0 bridgehead atoms. The molecule has 0 aromatic carbocycles. The van der Waals surface area contributed by atoms with E-state index in [1.165, 1.54) is 11.3 Å². The van der Waals surface area contributed by atoms with Gasteiger partial charge in [-0.25, -0.2) is 0 Å². The van der Waals surface area contributed by atoms with E-state index < -0.39 is 0 Å². The molecule has 1 aliphatic rings. The molecule has 0 fully saturated rings. The summed E-state index contributed by atoms with van der Waals surface area (Å²) in [6, 6.07) is 0. The van der Waals surface area contributed by atoms with Gasteiger partial charge in [0.2, 0.25) is 0 Å². The predicted molar refractivity (Wildman–Crippen MR) is 51.0 cm³/mol. The SMILES string of the molecule is O/N=C1\CCc2c(Cl)sc(Cl)c21. The van der Waals surface area contributed by atoms with Crippen molar-refractivity contribution in [1.82, 2.24) is 0 Å². The number of rotatable bonds is 0. The summed E-state index contributed by atoms with van der Waals surface area (Å²) in [6.07, 6.45) is 1.56. The first-order valence-corrected chi connectivity index (χ1v) is 4.99. The molecule has 0 radical (unpaired) electrons. The molecule has 0 unspecified atom stereocenters. The summed E-state index contributed by atoms with van der Waals surface area (Å²) in [5.74, 6) is 0. The van der Waals surface area contributed by atoms with Crippen molar-refractivity contribution in [2.75, 3.05) is 0 Å². The van der Waals surface area contributed by atoms with E-state index in [1.54, 1.807) is 0 Å². The average Bonchev–Trinajstić information content (AvgIpc) is 2.55. The van der Waals surface area contributed by atoms with Gasteiger partial charge in [0.1, 0.15) is 4.34 Å². The molecule has 1 heterocycles. The highest BCUT2D eigenvalue weighted by molar-refractivity contribution is 7.20. The summed E-state index contributed by atoms with van der Waals surface area (Å²) in [5, 5.41) is 11.8. The maximum Gasteiger partial charge on any atom is 0.104 e. The number of oxime groups is 1. The van der Waals surface area contributed by atoms with Crippen LogP contribution in [0, 0.1) is 0 Å². The van der Waals surface area contributed by atoms with E-state index in [0.717, 1.165) is 24.0 Å². The van der Waals surface area contributed by atoms with Gasteiger partial charge in [-0.1, -0.05) is 28.4 Å². The molecule has 1 aliphatic carbocycles. The number of fused-ring (bicyclic) bond motifs is 1. The highest BCUT2D eigenvalue weighted by Gasteiger charge is 2.26. The largest absolute Gasteiger partial charge is 0.411 e. The molecule has 1 aromatic heterocycles. The van der Waals surface area contributed by atoms with Gasteiger partial charge in [-0.05, 0) is 18.4 Å². The molecule has 0 saturated carbocycles. The zero-order valence-corrected chi connectivity index (χ0v) is 8.30. The Morgan fingerprint density at radius 2 is 2.00 bits per heavy atom. The summed E-state index contributed by atoms with van der Waals surface area (Å²) in [7, 11) is 0. The zero-order valence-electron chi connectivity index (χ0n) is 5.97. The Morgan fingerprint density at radius 1 is 1.25 bits per heavy atom. The first-order valence-electron chi connectivity index (χ1n) is 3.42. The van der Waals surface area contributed by atoms with E-state index in [-0.39, 0.29) is 0 Å². The number of hydrogen-bond acceptors (Lipinski definition) is 3. The Kier molecular flexibility index (Phi) is 2.02. The molecule has 0 aliphatic heterocycles. The van der Waals surface area contributed by atoms with Gasteiger partial charge in [-0.3, -0.25) is 0 Å². The van der Waals surface area contributed by atoms with Gasteiger partial charge < -0.3 is 5.21 Å². The maximum absolute atomic E-state index is 8.64. The standard InChI is InChI=1S/C7H5Cl2NOS/c8-6-3-1-2-4(10-11)5(3)7(9)12-6/h11H,1-2H2/b10-4+. The van der Waals surface area contributed by atoms with Crippen LogP contribution < -0.4 is 0 Å². The quantitative estimate of drug-likeness (QED) is 0.530. The highest BCUT2D eigenvalue weighted by atomic mass is 35.5. The van der Waals surface area contributed by atoms with Crippen molar-refractivity contribution in [3.05, 3.63) is 19.8 Å². The molecule has 2 nitrogen and oxygen atoms in total. The number of nitrogens with zero attached hydrogens (tertiary/aromatic N) is 1. The van der Waals surface area contributed by atoms with Crippen LogP contribution in [0.3, 0.4) is 0 Å². The smallest absolute Gasteiger partial charge is 0.104 e. The third kappa shape index (κ3) is 1.04. The molecule has 1 aromatic rings. The minimum absolute atomic E-state index is 0.625. The second kappa shape index (κ2) is 2.91. The van der Waals surface area contributed by atoms with Crippen LogP contribution in [0.1, 0.15) is 17.5 Å². The van der Waals surface area contributed by atoms with E-state index >= 15 is 0 Å². The monoisotopic (exact) mass is 221 g/mol. The van der Waals surface area contributed by atoms with Crippen molar-refractivity contribution < 1.29 is 5.21 Å². The summed E-state index contributed by atoms with van der Waals surface area (Å²) in [5.41, 5.74) is 2.52. The van der Waals surface area contributed by atoms with Crippen LogP contribution in [0.25, 0.3) is 0 Å². The molecule has 2 rings (SSSR count). The van der Waals surface area contributed by atoms with Crippen molar-refractivity contribution in [1.29, 1.82) is 0 Å². The molecule has 0 atom stereocenters. The van der Waals surface area contributed by atoms with Crippen molar-refractivity contribution in [3.8, 4) is 0 Å². The highest BCUT2D eigenvalue weighted by Crippen LogP contribution is 2.41. The Balaban J connectivity index is 2.64. The molecule has 0 spiro atoms. The van der Waals surface area contributed by atoms with Gasteiger partial charge in [0.25, 0.3) is 0 Å². The number of halogens is 2. The van der Waals surface area contributed by atoms with Crippen LogP contribution in [0.15, 0.2) is 5.16 Å². The summed E-state index contributed by atoms with van der Waals surface area (Å²) in [6.45, 7) is 0. The Labute approximate surface area is 83.4 Å². The van der Waals surface area contributed by atoms with E-state index in [2.05, 4.69) is 5.16 Å². The van der Waals surface area contributed by atoms with Crippen LogP contribution >= 0.6 is 34.5 Å². The fraction of sp³-hybridized carbons (Fsp3) is 0.286. The van der Waals surface area contributed by atoms with E-state index in [4.69, 9.17) is 28.4 Å². The molecule has 5 heteroatoms. The van der Waals surface area contributed by atoms with Gasteiger partial charge in [0.15, 0.2) is 0 Å². The Morgan fingerprint density at radius 3 is 2.67 bits per heavy atom. The van der Waals surface area contributed by atoms with Gasteiger partial charge >= 0.3 is 0 Å². The van der Waals surface area contributed by atoms with Gasteiger partial charge in [-0.15, -0.1) is 11.3 Å². The van der Waals surface area contributed by atoms with E-state index in [9.17, 15) is 0 Å². The minimum atomic E-state index is 0.625. The van der Waals surface area contributed by atoms with Crippen molar-refractivity contribution in [3.63, 3.8) is 0 Å². The third-order valence-electron chi connectivity index (χ3n) is 1.94. The van der Waals surface area contributed by atoms with Crippen LogP contribution in [0.2, 0.25) is 8.67 Å². The second-order valence-corrected chi connectivity index (χ2v) is 4.77. The molecule has 1 N–H and O–H groups in total. The summed E-state index contributed by atoms with van der Waals surface area (Å²) in [4.78, 5) is 0. The lowest BCUT2D eigenvalue weighted by Gasteiger charge is -1.90. The van der Waals surface area contributed by atoms with E-state index in [0.29, 0.717) is 14.4 Å². The molecular weight excluding hydrogens is 217 g/mol. The van der Waals surface area contributed by atoms with Crippen LogP contribution in [-0.2, 0) is 6.42 Å². The number of hydrogen-bond donors (Lipinski definition) is 1. The van der Waals surface area contributed by atoms with Gasteiger partial charge in [-0.2, -0.15) is 0 Å². The molecule has 0 amide bonds. The molecule has 64 valence electrons. The zero-order chi connectivity index (χ0) is 8.72. The third-order valence-corrected chi connectivity index (χ3v) is 3.62. The van der Waals surface area contributed by atoms with Gasteiger partial charge in [0.05, 0.1) is 10.0 Å². The lowest BCUT2D eigenvalue weighted by Crippen LogP contribution is -1.92. The lowest BCUT2D eigenvalue weighted by molar-refractivity contribution is 0.318.